The number of carbonyl (C=O) groups excluding carboxylic acids is 2. The fourth-order valence-corrected chi connectivity index (χ4v) is 2.21. The van der Waals surface area contributed by atoms with Crippen LogP contribution >= 0.6 is 0 Å². The van der Waals surface area contributed by atoms with E-state index in [2.05, 4.69) is 4.98 Å². The third-order valence-corrected chi connectivity index (χ3v) is 3.10. The van der Waals surface area contributed by atoms with Crippen molar-refractivity contribution in [2.45, 2.75) is 6.42 Å². The predicted octanol–water partition coefficient (Wildman–Crippen LogP) is 1.66. The first-order valence-electron chi connectivity index (χ1n) is 5.77. The maximum atomic E-state index is 11.9. The van der Waals surface area contributed by atoms with Gasteiger partial charge >= 0.3 is 0 Å². The highest BCUT2D eigenvalue weighted by Gasteiger charge is 2.36. The van der Waals surface area contributed by atoms with E-state index in [9.17, 15) is 14.8 Å². The Balaban J connectivity index is 2.06. The van der Waals surface area contributed by atoms with Crippen molar-refractivity contribution in [3.05, 3.63) is 65.0 Å². The molecule has 0 radical (unpaired) electrons. The summed E-state index contributed by atoms with van der Waals surface area (Å²) in [6, 6.07) is 8.72. The molecule has 19 heavy (non-hydrogen) atoms. The van der Waals surface area contributed by atoms with Gasteiger partial charge in [0.05, 0.1) is 11.1 Å². The van der Waals surface area contributed by atoms with E-state index in [1.165, 1.54) is 0 Å². The van der Waals surface area contributed by atoms with E-state index in [1.54, 1.807) is 30.6 Å². The minimum atomic E-state index is -0.673. The number of pyridine rings is 1. The molecule has 94 valence electrons. The highest BCUT2D eigenvalue weighted by molar-refractivity contribution is 6.21. The summed E-state index contributed by atoms with van der Waals surface area (Å²) in [4.78, 5) is 27.5. The van der Waals surface area contributed by atoms with E-state index in [1.807, 2.05) is 12.1 Å². The second-order valence-corrected chi connectivity index (χ2v) is 4.30. The lowest BCUT2D eigenvalue weighted by molar-refractivity contribution is -0.0327. The molecule has 0 unspecified atom stereocenters. The monoisotopic (exact) mass is 254 g/mol. The minimum Gasteiger partial charge on any atom is -0.278 e. The third kappa shape index (κ3) is 1.80. The van der Waals surface area contributed by atoms with Crippen molar-refractivity contribution in [2.75, 3.05) is 0 Å². The van der Waals surface area contributed by atoms with Crippen molar-refractivity contribution in [2.24, 2.45) is 0 Å². The molecule has 0 bridgehead atoms. The molecule has 1 aliphatic heterocycles. The van der Waals surface area contributed by atoms with Crippen LogP contribution in [0.1, 0.15) is 31.8 Å². The topological polar surface area (TPSA) is 70.5 Å². The summed E-state index contributed by atoms with van der Waals surface area (Å²) >= 11 is 0. The first-order valence-corrected chi connectivity index (χ1v) is 5.77. The standard InChI is InChI=1S/C14H10N2O3/c17-13-11-5-1-4-10(12(11)14(18)16(13)19)7-9-3-2-6-15-8-9/h1-6,8,19H,7H2. The van der Waals surface area contributed by atoms with Gasteiger partial charge in [-0.15, -0.1) is 5.06 Å². The zero-order chi connectivity index (χ0) is 13.4. The van der Waals surface area contributed by atoms with Crippen LogP contribution in [-0.2, 0) is 6.42 Å². The van der Waals surface area contributed by atoms with Crippen LogP contribution in [0.25, 0.3) is 0 Å². The van der Waals surface area contributed by atoms with Crippen LogP contribution in [0, 0.1) is 0 Å². The summed E-state index contributed by atoms with van der Waals surface area (Å²) in [6.45, 7) is 0. The number of imide groups is 1. The van der Waals surface area contributed by atoms with Crippen molar-refractivity contribution in [1.82, 2.24) is 10.0 Å². The van der Waals surface area contributed by atoms with Crippen LogP contribution < -0.4 is 0 Å². The maximum Gasteiger partial charge on any atom is 0.285 e. The molecule has 1 aromatic heterocycles. The van der Waals surface area contributed by atoms with Crippen molar-refractivity contribution in [1.29, 1.82) is 0 Å². The molecule has 0 saturated carbocycles. The lowest BCUT2D eigenvalue weighted by atomic mass is 9.97. The third-order valence-electron chi connectivity index (χ3n) is 3.10. The summed E-state index contributed by atoms with van der Waals surface area (Å²) in [5, 5.41) is 9.56. The van der Waals surface area contributed by atoms with Crippen LogP contribution in [0.15, 0.2) is 42.7 Å². The van der Waals surface area contributed by atoms with Gasteiger partial charge in [0, 0.05) is 12.4 Å². The van der Waals surface area contributed by atoms with Gasteiger partial charge in [0.25, 0.3) is 11.8 Å². The molecular weight excluding hydrogens is 244 g/mol. The average molecular weight is 254 g/mol. The molecule has 2 amide bonds. The Morgan fingerprint density at radius 1 is 1.11 bits per heavy atom. The number of amides is 2. The lowest BCUT2D eigenvalue weighted by Gasteiger charge is -2.06. The van der Waals surface area contributed by atoms with Crippen LogP contribution in [0.2, 0.25) is 0 Å². The fourth-order valence-electron chi connectivity index (χ4n) is 2.21. The van der Waals surface area contributed by atoms with E-state index in [4.69, 9.17) is 0 Å². The zero-order valence-corrected chi connectivity index (χ0v) is 9.91. The Morgan fingerprint density at radius 3 is 2.68 bits per heavy atom. The number of carbonyl (C=O) groups is 2. The van der Waals surface area contributed by atoms with E-state index < -0.39 is 11.8 Å². The van der Waals surface area contributed by atoms with Crippen LogP contribution in [-0.4, -0.2) is 27.1 Å². The summed E-state index contributed by atoms with van der Waals surface area (Å²) in [6.07, 6.45) is 3.87. The molecule has 0 spiro atoms. The lowest BCUT2D eigenvalue weighted by Crippen LogP contribution is -2.25. The van der Waals surface area contributed by atoms with Gasteiger partial charge in [-0.05, 0) is 29.7 Å². The van der Waals surface area contributed by atoms with Gasteiger partial charge in [-0.1, -0.05) is 18.2 Å². The summed E-state index contributed by atoms with van der Waals surface area (Å²) in [5.74, 6) is -1.34. The Kier molecular flexibility index (Phi) is 2.61. The van der Waals surface area contributed by atoms with Crippen LogP contribution in [0.5, 0.6) is 0 Å². The maximum absolute atomic E-state index is 11.9. The van der Waals surface area contributed by atoms with Crippen molar-refractivity contribution < 1.29 is 14.8 Å². The van der Waals surface area contributed by atoms with Gasteiger partial charge in [-0.25, -0.2) is 0 Å². The normalized spacial score (nSPS) is 13.8. The molecule has 1 aliphatic rings. The van der Waals surface area contributed by atoms with Gasteiger partial charge in [0.2, 0.25) is 0 Å². The molecule has 0 saturated heterocycles. The number of hydrogen-bond acceptors (Lipinski definition) is 4. The first kappa shape index (κ1) is 11.6. The van der Waals surface area contributed by atoms with Gasteiger partial charge in [0.15, 0.2) is 0 Å². The average Bonchev–Trinajstić information content (AvgIpc) is 2.66. The highest BCUT2D eigenvalue weighted by atomic mass is 16.5. The highest BCUT2D eigenvalue weighted by Crippen LogP contribution is 2.26. The molecule has 0 atom stereocenters. The molecule has 0 aliphatic carbocycles. The molecule has 0 fully saturated rings. The Bertz CT molecular complexity index is 668. The van der Waals surface area contributed by atoms with E-state index in [0.717, 1.165) is 5.56 Å². The number of nitrogens with zero attached hydrogens (tertiary/aromatic N) is 2. The molecule has 5 heteroatoms. The second-order valence-electron chi connectivity index (χ2n) is 4.30. The number of fused-ring (bicyclic) bond motifs is 1. The molecule has 1 N–H and O–H groups in total. The largest absolute Gasteiger partial charge is 0.285 e. The van der Waals surface area contributed by atoms with Crippen LogP contribution in [0.3, 0.4) is 0 Å². The fraction of sp³-hybridized carbons (Fsp3) is 0.0714. The van der Waals surface area contributed by atoms with E-state index in [0.29, 0.717) is 12.0 Å². The quantitative estimate of drug-likeness (QED) is 0.653. The molecule has 3 rings (SSSR count). The van der Waals surface area contributed by atoms with E-state index in [-0.39, 0.29) is 16.2 Å². The summed E-state index contributed by atoms with van der Waals surface area (Å²) < 4.78 is 0. The first-order chi connectivity index (χ1) is 9.18. The second kappa shape index (κ2) is 4.29. The Morgan fingerprint density at radius 2 is 1.95 bits per heavy atom. The van der Waals surface area contributed by atoms with Crippen molar-refractivity contribution in [3.8, 4) is 0 Å². The number of hydrogen-bond donors (Lipinski definition) is 1. The minimum absolute atomic E-state index is 0.164. The number of rotatable bonds is 2. The van der Waals surface area contributed by atoms with E-state index >= 15 is 0 Å². The number of aromatic nitrogens is 1. The Labute approximate surface area is 109 Å². The molecular formula is C14H10N2O3. The predicted molar refractivity (Wildman–Crippen MR) is 65.8 cm³/mol. The van der Waals surface area contributed by atoms with Gasteiger partial charge in [0.1, 0.15) is 0 Å². The zero-order valence-electron chi connectivity index (χ0n) is 9.91. The van der Waals surface area contributed by atoms with Gasteiger partial charge in [-0.2, -0.15) is 0 Å². The Hall–Kier alpha value is -2.53. The molecule has 2 aromatic rings. The SMILES string of the molecule is O=C1c2cccc(Cc3cccnc3)c2C(=O)N1O. The smallest absolute Gasteiger partial charge is 0.278 e. The number of hydroxylamine groups is 2. The van der Waals surface area contributed by atoms with Gasteiger partial charge in [-0.3, -0.25) is 19.8 Å². The van der Waals surface area contributed by atoms with Crippen molar-refractivity contribution >= 4 is 11.8 Å². The number of benzene rings is 1. The molecule has 5 nitrogen and oxygen atoms in total. The summed E-state index contributed by atoms with van der Waals surface area (Å²) in [7, 11) is 0. The van der Waals surface area contributed by atoms with Crippen molar-refractivity contribution in [3.63, 3.8) is 0 Å². The summed E-state index contributed by atoms with van der Waals surface area (Å²) in [5.41, 5.74) is 2.17. The van der Waals surface area contributed by atoms with Crippen LogP contribution in [0.4, 0.5) is 0 Å². The van der Waals surface area contributed by atoms with Gasteiger partial charge < -0.3 is 0 Å². The molecule has 2 heterocycles. The molecule has 1 aromatic carbocycles.